The predicted molar refractivity (Wildman–Crippen MR) is 82.3 cm³/mol. The Hall–Kier alpha value is -0.0600. The molecular weight excluding hydrogens is 246 g/mol. The highest BCUT2D eigenvalue weighted by molar-refractivity contribution is 7.97. The van der Waals surface area contributed by atoms with Crippen LogP contribution in [0.3, 0.4) is 0 Å². The third-order valence-electron chi connectivity index (χ3n) is 3.05. The van der Waals surface area contributed by atoms with Crippen LogP contribution in [0, 0.1) is 5.41 Å². The van der Waals surface area contributed by atoms with Gasteiger partial charge in [0.2, 0.25) is 0 Å². The number of hydrogen-bond acceptors (Lipinski definition) is 2. The van der Waals surface area contributed by atoms with Crippen LogP contribution < -0.4 is 0 Å². The van der Waals surface area contributed by atoms with Crippen molar-refractivity contribution in [2.24, 2.45) is 5.41 Å². The van der Waals surface area contributed by atoms with E-state index in [1.807, 2.05) is 45.8 Å². The summed E-state index contributed by atoms with van der Waals surface area (Å²) in [4.78, 5) is 0. The summed E-state index contributed by atoms with van der Waals surface area (Å²) < 4.78 is 14.1. The summed E-state index contributed by atoms with van der Waals surface area (Å²) in [5.74, 6) is 3.77. The van der Waals surface area contributed by atoms with E-state index in [1.165, 1.54) is 0 Å². The van der Waals surface area contributed by atoms with Crippen LogP contribution in [0.2, 0.25) is 0 Å². The zero-order valence-corrected chi connectivity index (χ0v) is 13.9. The minimum absolute atomic E-state index is 0.0926. The fourth-order valence-corrected chi connectivity index (χ4v) is 3.64. The van der Waals surface area contributed by atoms with Crippen molar-refractivity contribution in [2.75, 3.05) is 12.8 Å². The first-order chi connectivity index (χ1) is 7.76. The molecule has 1 N–H and O–H groups in total. The Bertz CT molecular complexity index is 347. The lowest BCUT2D eigenvalue weighted by molar-refractivity contribution is 0.0516. The SMILES string of the molecule is C=S(C)(=O)N(CCCC(O)C(C)(C)C)C(C)(C)C. The van der Waals surface area contributed by atoms with E-state index >= 15 is 0 Å². The Kier molecular flexibility index (Phi) is 5.91. The molecule has 110 valence electrons. The monoisotopic (exact) mass is 277 g/mol. The highest BCUT2D eigenvalue weighted by atomic mass is 32.2. The minimum Gasteiger partial charge on any atom is -0.393 e. The molecule has 0 aromatic rings. The summed E-state index contributed by atoms with van der Waals surface area (Å²) in [6, 6.07) is 0. The lowest BCUT2D eigenvalue weighted by Crippen LogP contribution is -2.45. The molecule has 0 saturated carbocycles. The molecule has 0 fully saturated rings. The third kappa shape index (κ3) is 6.21. The van der Waals surface area contributed by atoms with Crippen LogP contribution >= 0.6 is 0 Å². The van der Waals surface area contributed by atoms with Gasteiger partial charge in [0.1, 0.15) is 0 Å². The predicted octanol–water partition coefficient (Wildman–Crippen LogP) is 2.54. The topological polar surface area (TPSA) is 40.5 Å². The van der Waals surface area contributed by atoms with Crippen molar-refractivity contribution in [2.45, 2.75) is 66.0 Å². The van der Waals surface area contributed by atoms with E-state index in [4.69, 9.17) is 0 Å². The van der Waals surface area contributed by atoms with Gasteiger partial charge in [-0.1, -0.05) is 20.8 Å². The molecule has 0 aliphatic carbocycles. The molecule has 0 amide bonds. The maximum Gasteiger partial charge on any atom is 0.0589 e. The van der Waals surface area contributed by atoms with Crippen LogP contribution in [0.25, 0.3) is 0 Å². The molecule has 2 atom stereocenters. The molecule has 0 bridgehead atoms. The number of aliphatic hydroxyl groups excluding tert-OH is 1. The van der Waals surface area contributed by atoms with E-state index in [-0.39, 0.29) is 17.1 Å². The maximum atomic E-state index is 12.2. The van der Waals surface area contributed by atoms with Crippen molar-refractivity contribution in [1.29, 1.82) is 0 Å². The van der Waals surface area contributed by atoms with Gasteiger partial charge in [0.05, 0.1) is 6.10 Å². The quantitative estimate of drug-likeness (QED) is 0.785. The minimum atomic E-state index is -2.20. The molecule has 2 unspecified atom stereocenters. The highest BCUT2D eigenvalue weighted by Crippen LogP contribution is 2.24. The van der Waals surface area contributed by atoms with Gasteiger partial charge >= 0.3 is 0 Å². The molecule has 3 nitrogen and oxygen atoms in total. The Morgan fingerprint density at radius 2 is 1.67 bits per heavy atom. The Labute approximate surface area is 114 Å². The molecule has 0 radical (unpaired) electrons. The van der Waals surface area contributed by atoms with Crippen molar-refractivity contribution in [3.8, 4) is 0 Å². The molecular formula is C14H31NO2S. The molecule has 0 saturated heterocycles. The summed E-state index contributed by atoms with van der Waals surface area (Å²) in [6.07, 6.45) is 2.91. The maximum absolute atomic E-state index is 12.2. The summed E-state index contributed by atoms with van der Waals surface area (Å²) in [5, 5.41) is 10.00. The van der Waals surface area contributed by atoms with Crippen LogP contribution in [-0.2, 0) is 9.71 Å². The molecule has 0 rings (SSSR count). The molecule has 0 aromatic heterocycles. The van der Waals surface area contributed by atoms with Gasteiger partial charge in [-0.15, -0.1) is 0 Å². The average molecular weight is 277 g/mol. The third-order valence-corrected chi connectivity index (χ3v) is 4.72. The van der Waals surface area contributed by atoms with E-state index in [2.05, 4.69) is 5.87 Å². The summed E-state index contributed by atoms with van der Waals surface area (Å²) in [5.41, 5.74) is -0.259. The summed E-state index contributed by atoms with van der Waals surface area (Å²) in [7, 11) is -2.20. The average Bonchev–Trinajstić information content (AvgIpc) is 2.05. The Balaban J connectivity index is 4.50. The van der Waals surface area contributed by atoms with E-state index in [0.29, 0.717) is 6.54 Å². The van der Waals surface area contributed by atoms with Crippen molar-refractivity contribution in [3.05, 3.63) is 0 Å². The Morgan fingerprint density at radius 1 is 1.22 bits per heavy atom. The van der Waals surface area contributed by atoms with Crippen molar-refractivity contribution >= 4 is 15.6 Å². The second-order valence-corrected chi connectivity index (χ2v) is 9.62. The van der Waals surface area contributed by atoms with Crippen molar-refractivity contribution in [1.82, 2.24) is 4.31 Å². The van der Waals surface area contributed by atoms with Gasteiger partial charge in [0, 0.05) is 28.0 Å². The van der Waals surface area contributed by atoms with Gasteiger partial charge < -0.3 is 5.11 Å². The normalized spacial score (nSPS) is 18.7. The standard InChI is InChI=1S/C14H31NO2S/c1-13(2,3)12(16)10-9-11-15(14(4,5)6)18(7,8)17/h12,16H,7,9-11H2,1-6,8H3. The summed E-state index contributed by atoms with van der Waals surface area (Å²) in [6.45, 7) is 12.9. The lowest BCUT2D eigenvalue weighted by atomic mass is 9.86. The van der Waals surface area contributed by atoms with Crippen LogP contribution in [-0.4, -0.2) is 43.9 Å². The van der Waals surface area contributed by atoms with Gasteiger partial charge in [-0.3, -0.25) is 4.21 Å². The number of rotatable bonds is 5. The van der Waals surface area contributed by atoms with Crippen LogP contribution in [0.15, 0.2) is 0 Å². The van der Waals surface area contributed by atoms with Crippen LogP contribution in [0.1, 0.15) is 54.4 Å². The largest absolute Gasteiger partial charge is 0.393 e. The summed E-state index contributed by atoms with van der Waals surface area (Å²) >= 11 is 0. The van der Waals surface area contributed by atoms with Gasteiger partial charge in [0.15, 0.2) is 0 Å². The number of hydrogen-bond donors (Lipinski definition) is 1. The van der Waals surface area contributed by atoms with Gasteiger partial charge in [0.25, 0.3) is 0 Å². The highest BCUT2D eigenvalue weighted by Gasteiger charge is 2.27. The zero-order valence-electron chi connectivity index (χ0n) is 13.1. The second-order valence-electron chi connectivity index (χ2n) is 7.26. The van der Waals surface area contributed by atoms with Crippen LogP contribution in [0.5, 0.6) is 0 Å². The van der Waals surface area contributed by atoms with Crippen molar-refractivity contribution < 1.29 is 9.32 Å². The van der Waals surface area contributed by atoms with E-state index in [9.17, 15) is 9.32 Å². The lowest BCUT2D eigenvalue weighted by Gasteiger charge is -2.37. The number of aliphatic hydroxyl groups is 1. The molecule has 0 aliphatic heterocycles. The molecule has 0 aliphatic rings. The molecule has 0 spiro atoms. The van der Waals surface area contributed by atoms with E-state index < -0.39 is 9.71 Å². The molecule has 0 heterocycles. The van der Waals surface area contributed by atoms with Gasteiger partial charge in [-0.05, 0) is 44.9 Å². The van der Waals surface area contributed by atoms with Gasteiger partial charge in [-0.25, -0.2) is 4.31 Å². The molecule has 4 heteroatoms. The Morgan fingerprint density at radius 3 is 1.94 bits per heavy atom. The van der Waals surface area contributed by atoms with Gasteiger partial charge in [-0.2, -0.15) is 0 Å². The zero-order chi connectivity index (χ0) is 14.8. The first kappa shape index (κ1) is 17.9. The first-order valence-corrected chi connectivity index (χ1v) is 8.63. The fourth-order valence-electron chi connectivity index (χ4n) is 1.97. The smallest absolute Gasteiger partial charge is 0.0589 e. The first-order valence-electron chi connectivity index (χ1n) is 6.54. The molecule has 0 aromatic carbocycles. The van der Waals surface area contributed by atoms with Crippen molar-refractivity contribution in [3.63, 3.8) is 0 Å². The fraction of sp³-hybridized carbons (Fsp3) is 0.929. The second kappa shape index (κ2) is 5.93. The van der Waals surface area contributed by atoms with Crippen LogP contribution in [0.4, 0.5) is 0 Å². The van der Waals surface area contributed by atoms with E-state index in [0.717, 1.165) is 12.8 Å². The van der Waals surface area contributed by atoms with E-state index in [1.54, 1.807) is 6.26 Å². The number of nitrogens with zero attached hydrogens (tertiary/aromatic N) is 1. The molecule has 18 heavy (non-hydrogen) atoms.